The maximum atomic E-state index is 12.5. The zero-order valence-corrected chi connectivity index (χ0v) is 13.9. The van der Waals surface area contributed by atoms with Crippen LogP contribution in [0.4, 0.5) is 0 Å². The quantitative estimate of drug-likeness (QED) is 0.806. The topological polar surface area (TPSA) is 62.2 Å². The number of aliphatic hydroxyl groups is 1. The largest absolute Gasteiger partial charge is 0.497 e. The summed E-state index contributed by atoms with van der Waals surface area (Å²) in [4.78, 5) is 16.5. The summed E-state index contributed by atoms with van der Waals surface area (Å²) in [5.74, 6) is 0.789. The highest BCUT2D eigenvalue weighted by Crippen LogP contribution is 2.14. The monoisotopic (exact) mass is 322 g/mol. The Morgan fingerprint density at radius 2 is 1.87 bits per heavy atom. The second-order valence-electron chi connectivity index (χ2n) is 5.63. The Kier molecular flexibility index (Phi) is 6.83. The van der Waals surface area contributed by atoms with Crippen molar-refractivity contribution in [1.29, 1.82) is 0 Å². The molecule has 0 aliphatic carbocycles. The van der Waals surface area contributed by atoms with Crippen LogP contribution < -0.4 is 4.74 Å². The van der Waals surface area contributed by atoms with Gasteiger partial charge in [0.25, 0.3) is 5.91 Å². The van der Waals surface area contributed by atoms with Crippen LogP contribution in [0.2, 0.25) is 0 Å². The van der Waals surface area contributed by atoms with Gasteiger partial charge < -0.3 is 19.5 Å². The molecule has 1 aromatic carbocycles. The van der Waals surface area contributed by atoms with Crippen molar-refractivity contribution in [3.63, 3.8) is 0 Å². The number of carbonyl (C=O) groups excluding carboxylic acids is 1. The van der Waals surface area contributed by atoms with Crippen LogP contribution in [0.1, 0.15) is 17.3 Å². The first-order valence-corrected chi connectivity index (χ1v) is 8.05. The van der Waals surface area contributed by atoms with Crippen LogP contribution in [0, 0.1) is 0 Å². The molecule has 1 aromatic rings. The zero-order chi connectivity index (χ0) is 16.7. The van der Waals surface area contributed by atoms with Crippen molar-refractivity contribution < 1.29 is 19.4 Å². The van der Waals surface area contributed by atoms with Gasteiger partial charge in [0.1, 0.15) is 5.75 Å². The van der Waals surface area contributed by atoms with Gasteiger partial charge in [0, 0.05) is 44.9 Å². The third kappa shape index (κ3) is 5.20. The first-order valence-electron chi connectivity index (χ1n) is 8.05. The number of piperazine rings is 1. The molecule has 128 valence electrons. The molecule has 0 bridgehead atoms. The molecule has 1 aliphatic heterocycles. The summed E-state index contributed by atoms with van der Waals surface area (Å²) < 4.78 is 10.3. The maximum Gasteiger partial charge on any atom is 0.253 e. The third-order valence-corrected chi connectivity index (χ3v) is 3.98. The summed E-state index contributed by atoms with van der Waals surface area (Å²) >= 11 is 0. The second-order valence-corrected chi connectivity index (χ2v) is 5.63. The van der Waals surface area contributed by atoms with Crippen LogP contribution in [0.3, 0.4) is 0 Å². The van der Waals surface area contributed by atoms with Crippen LogP contribution in [0.5, 0.6) is 5.75 Å². The van der Waals surface area contributed by atoms with Crippen molar-refractivity contribution in [3.05, 3.63) is 29.8 Å². The first-order chi connectivity index (χ1) is 11.1. The van der Waals surface area contributed by atoms with E-state index < -0.39 is 6.10 Å². The van der Waals surface area contributed by atoms with E-state index in [0.29, 0.717) is 38.4 Å². The fourth-order valence-corrected chi connectivity index (χ4v) is 2.65. The van der Waals surface area contributed by atoms with E-state index in [1.807, 2.05) is 11.8 Å². The SMILES string of the molecule is CCOC[C@H](O)CN1CCN(C(=O)c2ccc(OC)cc2)CC1. The number of amides is 1. The molecule has 0 radical (unpaired) electrons. The normalized spacial score (nSPS) is 17.1. The van der Waals surface area contributed by atoms with E-state index >= 15 is 0 Å². The number of benzene rings is 1. The van der Waals surface area contributed by atoms with Gasteiger partial charge in [-0.05, 0) is 31.2 Å². The van der Waals surface area contributed by atoms with E-state index in [1.165, 1.54) is 0 Å². The van der Waals surface area contributed by atoms with Gasteiger partial charge in [-0.3, -0.25) is 9.69 Å². The third-order valence-electron chi connectivity index (χ3n) is 3.98. The molecule has 1 heterocycles. The number of carbonyl (C=O) groups is 1. The molecule has 1 atom stereocenters. The number of nitrogens with zero attached hydrogens (tertiary/aromatic N) is 2. The fraction of sp³-hybridized carbons (Fsp3) is 0.588. The summed E-state index contributed by atoms with van der Waals surface area (Å²) in [6.07, 6.45) is -0.473. The summed E-state index contributed by atoms with van der Waals surface area (Å²) in [7, 11) is 1.61. The van der Waals surface area contributed by atoms with E-state index in [-0.39, 0.29) is 5.91 Å². The summed E-state index contributed by atoms with van der Waals surface area (Å²) in [5, 5.41) is 9.88. The van der Waals surface area contributed by atoms with Crippen LogP contribution >= 0.6 is 0 Å². The molecule has 1 N–H and O–H groups in total. The molecule has 6 heteroatoms. The van der Waals surface area contributed by atoms with Gasteiger partial charge in [-0.1, -0.05) is 0 Å². The average molecular weight is 322 g/mol. The Morgan fingerprint density at radius 3 is 2.43 bits per heavy atom. The maximum absolute atomic E-state index is 12.5. The highest BCUT2D eigenvalue weighted by molar-refractivity contribution is 5.94. The Bertz CT molecular complexity index is 484. The van der Waals surface area contributed by atoms with E-state index in [9.17, 15) is 9.90 Å². The smallest absolute Gasteiger partial charge is 0.253 e. The lowest BCUT2D eigenvalue weighted by Gasteiger charge is -2.35. The van der Waals surface area contributed by atoms with Crippen molar-refractivity contribution in [2.45, 2.75) is 13.0 Å². The molecule has 6 nitrogen and oxygen atoms in total. The lowest BCUT2D eigenvalue weighted by Crippen LogP contribution is -2.50. The van der Waals surface area contributed by atoms with Gasteiger partial charge in [0.05, 0.1) is 19.8 Å². The molecule has 1 aliphatic rings. The molecule has 1 amide bonds. The van der Waals surface area contributed by atoms with Crippen molar-refractivity contribution in [2.75, 3.05) is 53.0 Å². The van der Waals surface area contributed by atoms with E-state index in [1.54, 1.807) is 31.4 Å². The Hall–Kier alpha value is -1.63. The van der Waals surface area contributed by atoms with Crippen LogP contribution in [0.25, 0.3) is 0 Å². The van der Waals surface area contributed by atoms with Gasteiger partial charge in [-0.15, -0.1) is 0 Å². The van der Waals surface area contributed by atoms with E-state index in [4.69, 9.17) is 9.47 Å². The number of hydrogen-bond acceptors (Lipinski definition) is 5. The van der Waals surface area contributed by atoms with Gasteiger partial charge in [-0.2, -0.15) is 0 Å². The van der Waals surface area contributed by atoms with Gasteiger partial charge in [0.15, 0.2) is 0 Å². The lowest BCUT2D eigenvalue weighted by molar-refractivity contribution is 0.0111. The minimum Gasteiger partial charge on any atom is -0.497 e. The van der Waals surface area contributed by atoms with Gasteiger partial charge in [-0.25, -0.2) is 0 Å². The average Bonchev–Trinajstić information content (AvgIpc) is 2.60. The standard InChI is InChI=1S/C17H26N2O4/c1-3-23-13-15(20)12-18-8-10-19(11-9-18)17(21)14-4-6-16(22-2)7-5-14/h4-7,15,20H,3,8-13H2,1-2H3/t15-/m1/s1. The Labute approximate surface area is 137 Å². The number of ether oxygens (including phenoxy) is 2. The molecule has 1 fully saturated rings. The number of methoxy groups -OCH3 is 1. The number of hydrogen-bond donors (Lipinski definition) is 1. The first kappa shape index (κ1) is 17.7. The molecule has 0 unspecified atom stereocenters. The summed E-state index contributed by atoms with van der Waals surface area (Å²) in [6, 6.07) is 7.18. The zero-order valence-electron chi connectivity index (χ0n) is 13.9. The van der Waals surface area contributed by atoms with Crippen molar-refractivity contribution in [2.24, 2.45) is 0 Å². The van der Waals surface area contributed by atoms with E-state index in [2.05, 4.69) is 4.90 Å². The minimum absolute atomic E-state index is 0.0437. The number of β-amino-alcohol motifs (C(OH)–C–C–N with tert-alkyl or cyclic N) is 1. The van der Waals surface area contributed by atoms with Crippen molar-refractivity contribution >= 4 is 5.91 Å². The summed E-state index contributed by atoms with van der Waals surface area (Å²) in [6.45, 7) is 6.36. The number of aliphatic hydroxyl groups excluding tert-OH is 1. The molecular formula is C17H26N2O4. The molecule has 0 saturated carbocycles. The predicted molar refractivity (Wildman–Crippen MR) is 87.8 cm³/mol. The van der Waals surface area contributed by atoms with E-state index in [0.717, 1.165) is 18.8 Å². The van der Waals surface area contributed by atoms with Crippen LogP contribution in [0.15, 0.2) is 24.3 Å². The highest BCUT2D eigenvalue weighted by Gasteiger charge is 2.23. The Morgan fingerprint density at radius 1 is 1.22 bits per heavy atom. The Balaban J connectivity index is 1.80. The van der Waals surface area contributed by atoms with Crippen molar-refractivity contribution in [1.82, 2.24) is 9.80 Å². The molecule has 0 spiro atoms. The molecular weight excluding hydrogens is 296 g/mol. The lowest BCUT2D eigenvalue weighted by atomic mass is 10.1. The van der Waals surface area contributed by atoms with Gasteiger partial charge in [0.2, 0.25) is 0 Å². The second kappa shape index (κ2) is 8.86. The summed E-state index contributed by atoms with van der Waals surface area (Å²) in [5.41, 5.74) is 0.677. The van der Waals surface area contributed by atoms with Gasteiger partial charge >= 0.3 is 0 Å². The molecule has 0 aromatic heterocycles. The van der Waals surface area contributed by atoms with Crippen LogP contribution in [-0.4, -0.2) is 80.0 Å². The van der Waals surface area contributed by atoms with Crippen molar-refractivity contribution in [3.8, 4) is 5.75 Å². The predicted octanol–water partition coefficient (Wildman–Crippen LogP) is 0.850. The number of rotatable bonds is 7. The molecule has 1 saturated heterocycles. The molecule has 23 heavy (non-hydrogen) atoms. The molecule has 2 rings (SSSR count). The van der Waals surface area contributed by atoms with Crippen LogP contribution in [-0.2, 0) is 4.74 Å². The fourth-order valence-electron chi connectivity index (χ4n) is 2.65. The highest BCUT2D eigenvalue weighted by atomic mass is 16.5. The minimum atomic E-state index is -0.473.